The van der Waals surface area contributed by atoms with Gasteiger partial charge in [0.15, 0.2) is 12.7 Å². The third kappa shape index (κ3) is 6.05. The molecule has 0 saturated heterocycles. The van der Waals surface area contributed by atoms with Crippen molar-refractivity contribution in [3.05, 3.63) is 52.0 Å². The summed E-state index contributed by atoms with van der Waals surface area (Å²) in [5.41, 5.74) is 1.21. The van der Waals surface area contributed by atoms with E-state index in [2.05, 4.69) is 5.32 Å². The molecule has 27 heavy (non-hydrogen) atoms. The monoisotopic (exact) mass is 411 g/mol. The number of benzene rings is 2. The summed E-state index contributed by atoms with van der Waals surface area (Å²) in [5.74, 6) is -0.281. The average molecular weight is 412 g/mol. The van der Waals surface area contributed by atoms with Crippen molar-refractivity contribution in [1.82, 2.24) is 0 Å². The molecule has 1 amide bonds. The third-order valence-electron chi connectivity index (χ3n) is 3.58. The first kappa shape index (κ1) is 20.9. The molecule has 8 heteroatoms. The second-order valence-electron chi connectivity index (χ2n) is 5.67. The fourth-order valence-electron chi connectivity index (χ4n) is 2.15. The van der Waals surface area contributed by atoms with Crippen LogP contribution in [0, 0.1) is 6.92 Å². The molecule has 2 aromatic carbocycles. The molecule has 0 aliphatic heterocycles. The van der Waals surface area contributed by atoms with Crippen molar-refractivity contribution in [2.45, 2.75) is 20.0 Å². The second kappa shape index (κ2) is 9.48. The Morgan fingerprint density at radius 2 is 1.89 bits per heavy atom. The van der Waals surface area contributed by atoms with E-state index in [-0.39, 0.29) is 6.61 Å². The van der Waals surface area contributed by atoms with Gasteiger partial charge in [-0.05, 0) is 55.8 Å². The van der Waals surface area contributed by atoms with Gasteiger partial charge in [-0.2, -0.15) is 0 Å². The summed E-state index contributed by atoms with van der Waals surface area (Å²) >= 11 is 11.9. The molecule has 1 N–H and O–H groups in total. The molecule has 144 valence electrons. The van der Waals surface area contributed by atoms with Crippen LogP contribution in [0.25, 0.3) is 0 Å². The second-order valence-corrected chi connectivity index (χ2v) is 6.51. The van der Waals surface area contributed by atoms with Gasteiger partial charge in [0, 0.05) is 10.0 Å². The number of hydrogen-bond donors (Lipinski definition) is 1. The molecule has 0 unspecified atom stereocenters. The first-order valence-corrected chi connectivity index (χ1v) is 8.78. The molecule has 0 saturated carbocycles. The van der Waals surface area contributed by atoms with Crippen LogP contribution >= 0.6 is 23.2 Å². The lowest BCUT2D eigenvalue weighted by molar-refractivity contribution is -0.155. The Morgan fingerprint density at radius 1 is 1.15 bits per heavy atom. The van der Waals surface area contributed by atoms with Gasteiger partial charge in [0.05, 0.1) is 12.8 Å². The maximum absolute atomic E-state index is 12.2. The number of ether oxygens (including phenoxy) is 3. The topological polar surface area (TPSA) is 73.9 Å². The van der Waals surface area contributed by atoms with Crippen LogP contribution in [0.5, 0.6) is 11.5 Å². The van der Waals surface area contributed by atoms with E-state index in [1.807, 2.05) is 6.92 Å². The quantitative estimate of drug-likeness (QED) is 0.688. The number of aryl methyl sites for hydroxylation is 1. The summed E-state index contributed by atoms with van der Waals surface area (Å²) in [6.45, 7) is 2.94. The van der Waals surface area contributed by atoms with Gasteiger partial charge in [-0.15, -0.1) is 0 Å². The van der Waals surface area contributed by atoms with E-state index in [1.165, 1.54) is 14.0 Å². The van der Waals surface area contributed by atoms with E-state index >= 15 is 0 Å². The van der Waals surface area contributed by atoms with Crippen LogP contribution < -0.4 is 14.8 Å². The Balaban J connectivity index is 1.89. The number of methoxy groups -OCH3 is 1. The minimum Gasteiger partial charge on any atom is -0.495 e. The van der Waals surface area contributed by atoms with Gasteiger partial charge in [-0.3, -0.25) is 4.79 Å². The largest absolute Gasteiger partial charge is 0.495 e. The summed E-state index contributed by atoms with van der Waals surface area (Å²) in [6, 6.07) is 9.82. The number of amides is 1. The molecule has 6 nitrogen and oxygen atoms in total. The number of nitrogens with one attached hydrogen (secondary N) is 1. The predicted molar refractivity (Wildman–Crippen MR) is 104 cm³/mol. The van der Waals surface area contributed by atoms with Gasteiger partial charge < -0.3 is 19.5 Å². The van der Waals surface area contributed by atoms with Crippen molar-refractivity contribution in [3.8, 4) is 11.5 Å². The molecule has 2 aromatic rings. The van der Waals surface area contributed by atoms with Crippen LogP contribution in [-0.4, -0.2) is 31.7 Å². The van der Waals surface area contributed by atoms with E-state index < -0.39 is 18.0 Å². The first-order chi connectivity index (χ1) is 12.8. The fraction of sp³-hybridized carbons (Fsp3) is 0.263. The van der Waals surface area contributed by atoms with Gasteiger partial charge >= 0.3 is 5.97 Å². The van der Waals surface area contributed by atoms with Crippen LogP contribution in [0.4, 0.5) is 5.69 Å². The lowest BCUT2D eigenvalue weighted by Gasteiger charge is -2.15. The number of halogens is 2. The highest BCUT2D eigenvalue weighted by atomic mass is 35.5. The highest BCUT2D eigenvalue weighted by Crippen LogP contribution is 2.28. The van der Waals surface area contributed by atoms with E-state index in [4.69, 9.17) is 37.4 Å². The average Bonchev–Trinajstić information content (AvgIpc) is 2.63. The maximum Gasteiger partial charge on any atom is 0.344 e. The minimum absolute atomic E-state index is 0.334. The Bertz CT molecular complexity index is 841. The van der Waals surface area contributed by atoms with Gasteiger partial charge in [0.2, 0.25) is 0 Å². The lowest BCUT2D eigenvalue weighted by Crippen LogP contribution is -2.31. The highest BCUT2D eigenvalue weighted by Gasteiger charge is 2.20. The number of anilines is 1. The molecular formula is C19H19Cl2NO5. The molecule has 0 heterocycles. The maximum atomic E-state index is 12.2. The van der Waals surface area contributed by atoms with Crippen LogP contribution in [0.2, 0.25) is 10.0 Å². The molecular weight excluding hydrogens is 393 g/mol. The number of hydrogen-bond acceptors (Lipinski definition) is 5. The fourth-order valence-corrected chi connectivity index (χ4v) is 2.44. The smallest absolute Gasteiger partial charge is 0.344 e. The van der Waals surface area contributed by atoms with Crippen LogP contribution in [0.3, 0.4) is 0 Å². The molecule has 0 aliphatic carbocycles. The Kier molecular flexibility index (Phi) is 7.33. The van der Waals surface area contributed by atoms with E-state index in [0.29, 0.717) is 27.2 Å². The number of carbonyl (C=O) groups is 2. The van der Waals surface area contributed by atoms with Gasteiger partial charge in [-0.1, -0.05) is 23.2 Å². The van der Waals surface area contributed by atoms with Crippen molar-refractivity contribution >= 4 is 40.8 Å². The molecule has 1 atom stereocenters. The summed E-state index contributed by atoms with van der Waals surface area (Å²) in [7, 11) is 1.47. The third-order valence-corrected chi connectivity index (χ3v) is 4.24. The Morgan fingerprint density at radius 3 is 2.56 bits per heavy atom. The van der Waals surface area contributed by atoms with E-state index in [0.717, 1.165) is 5.56 Å². The normalized spacial score (nSPS) is 11.4. The molecule has 0 fully saturated rings. The number of rotatable bonds is 7. The Hall–Kier alpha value is -2.44. The number of esters is 1. The highest BCUT2D eigenvalue weighted by molar-refractivity contribution is 6.31. The van der Waals surface area contributed by atoms with Crippen LogP contribution in [0.15, 0.2) is 36.4 Å². The summed E-state index contributed by atoms with van der Waals surface area (Å²) in [4.78, 5) is 24.2. The van der Waals surface area contributed by atoms with Crippen molar-refractivity contribution in [2.75, 3.05) is 19.0 Å². The first-order valence-electron chi connectivity index (χ1n) is 8.03. The summed E-state index contributed by atoms with van der Waals surface area (Å²) < 4.78 is 15.6. The van der Waals surface area contributed by atoms with Gasteiger partial charge in [0.25, 0.3) is 5.91 Å². The number of carbonyl (C=O) groups excluding carboxylic acids is 2. The zero-order chi connectivity index (χ0) is 20.0. The zero-order valence-corrected chi connectivity index (χ0v) is 16.6. The molecule has 0 bridgehead atoms. The van der Waals surface area contributed by atoms with Gasteiger partial charge in [0.1, 0.15) is 11.5 Å². The standard InChI is InChI=1S/C19H19Cl2NO5/c1-11-8-14(5-6-15(11)21)26-10-18(23)27-12(2)19(24)22-16-9-13(20)4-7-17(16)25-3/h4-9,12H,10H2,1-3H3,(H,22,24)/t12-/m0/s1. The van der Waals surface area contributed by atoms with E-state index in [1.54, 1.807) is 36.4 Å². The molecule has 2 rings (SSSR count). The van der Waals surface area contributed by atoms with Crippen LogP contribution in [-0.2, 0) is 14.3 Å². The molecule has 0 spiro atoms. The van der Waals surface area contributed by atoms with Crippen molar-refractivity contribution in [3.63, 3.8) is 0 Å². The lowest BCUT2D eigenvalue weighted by atomic mass is 10.2. The summed E-state index contributed by atoms with van der Waals surface area (Å²) in [5, 5.41) is 3.65. The van der Waals surface area contributed by atoms with Gasteiger partial charge in [-0.25, -0.2) is 4.79 Å². The predicted octanol–water partition coefficient (Wildman–Crippen LogP) is 4.26. The van der Waals surface area contributed by atoms with Crippen molar-refractivity contribution in [2.24, 2.45) is 0 Å². The molecule has 0 radical (unpaired) electrons. The van der Waals surface area contributed by atoms with Crippen LogP contribution in [0.1, 0.15) is 12.5 Å². The molecule has 0 aromatic heterocycles. The van der Waals surface area contributed by atoms with E-state index in [9.17, 15) is 9.59 Å². The zero-order valence-electron chi connectivity index (χ0n) is 15.0. The van der Waals surface area contributed by atoms with Crippen molar-refractivity contribution in [1.29, 1.82) is 0 Å². The Labute approximate surface area is 167 Å². The molecule has 0 aliphatic rings. The van der Waals surface area contributed by atoms with Crippen molar-refractivity contribution < 1.29 is 23.8 Å². The SMILES string of the molecule is COc1ccc(Cl)cc1NC(=O)[C@H](C)OC(=O)COc1ccc(Cl)c(C)c1. The summed E-state index contributed by atoms with van der Waals surface area (Å²) in [6.07, 6.45) is -1.03. The minimum atomic E-state index is -1.03.